The fraction of sp³-hybridized carbons (Fsp3) is 0.273. The van der Waals surface area contributed by atoms with Crippen LogP contribution in [0, 0.1) is 15.5 Å². The van der Waals surface area contributed by atoms with Crippen LogP contribution in [0.5, 0.6) is 0 Å². The van der Waals surface area contributed by atoms with Crippen LogP contribution in [0.15, 0.2) is 65.9 Å². The molecule has 0 bridgehead atoms. The van der Waals surface area contributed by atoms with Gasteiger partial charge < -0.3 is 10.0 Å². The molecular weight excluding hydrogens is 372 g/mol. The van der Waals surface area contributed by atoms with Crippen molar-refractivity contribution in [3.8, 4) is 0 Å². The largest absolute Gasteiger partial charge is 0.503 e. The maximum Gasteiger partial charge on any atom is 0.290 e. The first-order chi connectivity index (χ1) is 13.6. The molecule has 0 saturated heterocycles. The number of benzene rings is 2. The van der Waals surface area contributed by atoms with Crippen LogP contribution in [0.25, 0.3) is 0 Å². The molecule has 1 aliphatic heterocycles. The summed E-state index contributed by atoms with van der Waals surface area (Å²) in [5.41, 5.74) is 0.476. The fourth-order valence-corrected chi connectivity index (χ4v) is 3.36. The van der Waals surface area contributed by atoms with Gasteiger partial charge in [-0.1, -0.05) is 51.1 Å². The van der Waals surface area contributed by atoms with Crippen molar-refractivity contribution in [2.24, 2.45) is 5.41 Å². The summed E-state index contributed by atoms with van der Waals surface area (Å²) < 4.78 is 0. The number of nitrogens with zero attached hydrogens (tertiary/aromatic N) is 2. The molecule has 7 heteroatoms. The van der Waals surface area contributed by atoms with E-state index in [2.05, 4.69) is 0 Å². The summed E-state index contributed by atoms with van der Waals surface area (Å²) in [4.78, 5) is 37.8. The number of carbonyl (C=O) groups excluding carboxylic acids is 2. The molecule has 7 nitrogen and oxygen atoms in total. The summed E-state index contributed by atoms with van der Waals surface area (Å²) in [6.07, 6.45) is 0. The standard InChI is InChI=1S/C22H22N2O5/c1-22(2,3)20(26)17-18(15-9-11-16(12-10-15)24(28)29)23(21(27)19(17)25)13-14-7-5-4-6-8-14/h4-12,18,25H,13H2,1-3H3. The lowest BCUT2D eigenvalue weighted by Crippen LogP contribution is -2.32. The van der Waals surface area contributed by atoms with Gasteiger partial charge in [0, 0.05) is 24.1 Å². The average molecular weight is 394 g/mol. The SMILES string of the molecule is CC(C)(C)C(=O)C1=C(O)C(=O)N(Cc2ccccc2)C1c1ccc([N+](=O)[O-])cc1. The van der Waals surface area contributed by atoms with Gasteiger partial charge in [-0.15, -0.1) is 0 Å². The van der Waals surface area contributed by atoms with Gasteiger partial charge in [-0.3, -0.25) is 19.7 Å². The normalized spacial score (nSPS) is 17.0. The van der Waals surface area contributed by atoms with Crippen LogP contribution in [-0.4, -0.2) is 26.6 Å². The van der Waals surface area contributed by atoms with Gasteiger partial charge in [0.1, 0.15) is 0 Å². The quantitative estimate of drug-likeness (QED) is 0.608. The van der Waals surface area contributed by atoms with E-state index in [0.29, 0.717) is 5.56 Å². The first kappa shape index (κ1) is 20.3. The van der Waals surface area contributed by atoms with Crippen molar-refractivity contribution < 1.29 is 19.6 Å². The molecule has 0 spiro atoms. The molecule has 150 valence electrons. The number of amides is 1. The first-order valence-corrected chi connectivity index (χ1v) is 9.18. The van der Waals surface area contributed by atoms with Gasteiger partial charge in [0.05, 0.1) is 16.5 Å². The minimum Gasteiger partial charge on any atom is -0.503 e. The number of hydrogen-bond acceptors (Lipinski definition) is 5. The Hall–Kier alpha value is -3.48. The van der Waals surface area contributed by atoms with Crippen LogP contribution in [0.1, 0.15) is 37.9 Å². The maximum absolute atomic E-state index is 13.1. The van der Waals surface area contributed by atoms with Gasteiger partial charge in [-0.05, 0) is 23.3 Å². The van der Waals surface area contributed by atoms with Crippen molar-refractivity contribution in [1.82, 2.24) is 4.90 Å². The predicted octanol–water partition coefficient (Wildman–Crippen LogP) is 4.11. The van der Waals surface area contributed by atoms with Crippen LogP contribution in [0.4, 0.5) is 5.69 Å². The molecule has 0 aromatic heterocycles. The number of nitro groups is 1. The summed E-state index contributed by atoms with van der Waals surface area (Å²) in [5.74, 6) is -1.55. The number of non-ortho nitro benzene ring substituents is 1. The highest BCUT2D eigenvalue weighted by atomic mass is 16.6. The van der Waals surface area contributed by atoms with E-state index >= 15 is 0 Å². The average Bonchev–Trinajstić information content (AvgIpc) is 2.92. The van der Waals surface area contributed by atoms with Gasteiger partial charge in [-0.2, -0.15) is 0 Å². The lowest BCUT2D eigenvalue weighted by molar-refractivity contribution is -0.384. The number of nitro benzene ring substituents is 1. The Bertz CT molecular complexity index is 988. The zero-order valence-electron chi connectivity index (χ0n) is 16.5. The van der Waals surface area contributed by atoms with E-state index < -0.39 is 28.0 Å². The van der Waals surface area contributed by atoms with E-state index in [4.69, 9.17) is 0 Å². The third-order valence-corrected chi connectivity index (χ3v) is 4.84. The number of carbonyl (C=O) groups is 2. The molecule has 0 radical (unpaired) electrons. The molecule has 1 aliphatic rings. The lowest BCUT2D eigenvalue weighted by atomic mass is 9.82. The van der Waals surface area contributed by atoms with Crippen LogP contribution in [0.3, 0.4) is 0 Å². The molecule has 1 atom stereocenters. The van der Waals surface area contributed by atoms with E-state index in [0.717, 1.165) is 5.56 Å². The van der Waals surface area contributed by atoms with Crippen molar-refractivity contribution in [1.29, 1.82) is 0 Å². The second-order valence-electron chi connectivity index (χ2n) is 8.01. The van der Waals surface area contributed by atoms with E-state index in [-0.39, 0.29) is 23.6 Å². The summed E-state index contributed by atoms with van der Waals surface area (Å²) in [6.45, 7) is 5.33. The molecule has 2 aromatic carbocycles. The third-order valence-electron chi connectivity index (χ3n) is 4.84. The molecule has 3 rings (SSSR count). The van der Waals surface area contributed by atoms with Gasteiger partial charge in [0.25, 0.3) is 11.6 Å². The second kappa shape index (κ2) is 7.50. The van der Waals surface area contributed by atoms with Crippen molar-refractivity contribution >= 4 is 17.4 Å². The van der Waals surface area contributed by atoms with Crippen molar-refractivity contribution in [2.45, 2.75) is 33.4 Å². The first-order valence-electron chi connectivity index (χ1n) is 9.18. The zero-order valence-corrected chi connectivity index (χ0v) is 16.5. The Labute approximate surface area is 168 Å². The van der Waals surface area contributed by atoms with Gasteiger partial charge in [0.2, 0.25) is 0 Å². The molecular formula is C22H22N2O5. The van der Waals surface area contributed by atoms with Crippen LogP contribution in [0.2, 0.25) is 0 Å². The highest BCUT2D eigenvalue weighted by molar-refractivity contribution is 6.10. The van der Waals surface area contributed by atoms with E-state index in [1.54, 1.807) is 20.8 Å². The second-order valence-corrected chi connectivity index (χ2v) is 8.01. The highest BCUT2D eigenvalue weighted by Crippen LogP contribution is 2.41. The summed E-state index contributed by atoms with van der Waals surface area (Å²) >= 11 is 0. The molecule has 1 unspecified atom stereocenters. The van der Waals surface area contributed by atoms with Crippen LogP contribution < -0.4 is 0 Å². The molecule has 0 saturated carbocycles. The Morgan fingerprint density at radius 3 is 2.21 bits per heavy atom. The Morgan fingerprint density at radius 2 is 1.69 bits per heavy atom. The number of Topliss-reactive ketones (excluding diaryl/α,β-unsaturated/α-hetero) is 1. The van der Waals surface area contributed by atoms with Crippen molar-refractivity contribution in [2.75, 3.05) is 0 Å². The Morgan fingerprint density at radius 1 is 1.10 bits per heavy atom. The number of hydrogen-bond donors (Lipinski definition) is 1. The van der Waals surface area contributed by atoms with E-state index in [9.17, 15) is 24.8 Å². The summed E-state index contributed by atoms with van der Waals surface area (Å²) in [5, 5.41) is 21.6. The van der Waals surface area contributed by atoms with E-state index in [1.165, 1.54) is 29.2 Å². The minimum absolute atomic E-state index is 0.0206. The summed E-state index contributed by atoms with van der Waals surface area (Å²) in [7, 11) is 0. The molecule has 0 fully saturated rings. The smallest absolute Gasteiger partial charge is 0.290 e. The molecule has 1 heterocycles. The van der Waals surface area contributed by atoms with Crippen LogP contribution >= 0.6 is 0 Å². The van der Waals surface area contributed by atoms with E-state index in [1.807, 2.05) is 30.3 Å². The monoisotopic (exact) mass is 394 g/mol. The lowest BCUT2D eigenvalue weighted by Gasteiger charge is -2.29. The third kappa shape index (κ3) is 3.89. The van der Waals surface area contributed by atoms with Crippen molar-refractivity contribution in [3.05, 3.63) is 87.2 Å². The predicted molar refractivity (Wildman–Crippen MR) is 107 cm³/mol. The Balaban J connectivity index is 2.10. The number of rotatable bonds is 5. The number of ketones is 1. The Kier molecular flexibility index (Phi) is 5.24. The molecule has 0 aliphatic carbocycles. The molecule has 2 aromatic rings. The number of aliphatic hydroxyl groups is 1. The highest BCUT2D eigenvalue weighted by Gasteiger charge is 2.45. The fourth-order valence-electron chi connectivity index (χ4n) is 3.36. The van der Waals surface area contributed by atoms with Gasteiger partial charge >= 0.3 is 0 Å². The number of aliphatic hydroxyl groups excluding tert-OH is 1. The van der Waals surface area contributed by atoms with Crippen LogP contribution in [-0.2, 0) is 16.1 Å². The van der Waals surface area contributed by atoms with Gasteiger partial charge in [-0.25, -0.2) is 0 Å². The minimum atomic E-state index is -0.824. The topological polar surface area (TPSA) is 101 Å². The molecule has 29 heavy (non-hydrogen) atoms. The molecule has 1 amide bonds. The summed E-state index contributed by atoms with van der Waals surface area (Å²) in [6, 6.07) is 14.1. The zero-order chi connectivity index (χ0) is 21.3. The molecule has 1 N–H and O–H groups in total. The maximum atomic E-state index is 13.1. The van der Waals surface area contributed by atoms with Crippen molar-refractivity contribution in [3.63, 3.8) is 0 Å². The van der Waals surface area contributed by atoms with Gasteiger partial charge in [0.15, 0.2) is 11.5 Å².